The summed E-state index contributed by atoms with van der Waals surface area (Å²) in [7, 11) is 0. The van der Waals surface area contributed by atoms with Gasteiger partial charge in [-0.3, -0.25) is 9.59 Å². The lowest BCUT2D eigenvalue weighted by Crippen LogP contribution is -2.43. The Morgan fingerprint density at radius 1 is 1.21 bits per heavy atom. The molecular formula is C16H16N4O4. The average Bonchev–Trinajstić information content (AvgIpc) is 2.60. The number of hydrogen-bond donors (Lipinski definition) is 2. The van der Waals surface area contributed by atoms with Crippen LogP contribution in [0.2, 0.25) is 0 Å². The van der Waals surface area contributed by atoms with Crippen LogP contribution in [0.4, 0.5) is 5.69 Å². The number of anilines is 1. The van der Waals surface area contributed by atoms with Crippen LogP contribution in [0.15, 0.2) is 36.0 Å². The summed E-state index contributed by atoms with van der Waals surface area (Å²) in [4.78, 5) is 37.2. The summed E-state index contributed by atoms with van der Waals surface area (Å²) in [6.45, 7) is 2.12. The van der Waals surface area contributed by atoms with E-state index < -0.39 is 11.9 Å². The number of hydrogen-bond acceptors (Lipinski definition) is 5. The molecule has 0 atom stereocenters. The van der Waals surface area contributed by atoms with Crippen LogP contribution in [0.3, 0.4) is 0 Å². The van der Waals surface area contributed by atoms with Crippen LogP contribution in [0.25, 0.3) is 0 Å². The van der Waals surface area contributed by atoms with Gasteiger partial charge < -0.3 is 20.2 Å². The van der Waals surface area contributed by atoms with E-state index in [1.54, 1.807) is 15.9 Å². The predicted molar refractivity (Wildman–Crippen MR) is 84.9 cm³/mol. The molecule has 0 aliphatic carbocycles. The van der Waals surface area contributed by atoms with Crippen molar-refractivity contribution >= 4 is 24.0 Å². The SMILES string of the molecule is N#C/C(=C/N1CCN(C=O)CC1)C(=O)Nc1cccc(C(=O)O)c1. The molecule has 1 aliphatic rings. The maximum absolute atomic E-state index is 12.2. The van der Waals surface area contributed by atoms with E-state index in [-0.39, 0.29) is 11.1 Å². The largest absolute Gasteiger partial charge is 0.478 e. The first-order chi connectivity index (χ1) is 11.5. The van der Waals surface area contributed by atoms with Crippen LogP contribution in [0.1, 0.15) is 10.4 Å². The molecule has 2 rings (SSSR count). The first-order valence-electron chi connectivity index (χ1n) is 7.23. The lowest BCUT2D eigenvalue weighted by atomic mass is 10.2. The molecular weight excluding hydrogens is 312 g/mol. The molecule has 0 spiro atoms. The summed E-state index contributed by atoms with van der Waals surface area (Å²) in [5.41, 5.74) is 0.252. The highest BCUT2D eigenvalue weighted by atomic mass is 16.4. The Hall–Kier alpha value is -3.34. The van der Waals surface area contributed by atoms with Crippen LogP contribution < -0.4 is 5.32 Å². The van der Waals surface area contributed by atoms with E-state index in [2.05, 4.69) is 5.32 Å². The van der Waals surface area contributed by atoms with Gasteiger partial charge in [0.1, 0.15) is 11.6 Å². The molecule has 1 aromatic carbocycles. The van der Waals surface area contributed by atoms with Crippen LogP contribution in [0.5, 0.6) is 0 Å². The fourth-order valence-corrected chi connectivity index (χ4v) is 2.22. The number of carbonyl (C=O) groups excluding carboxylic acids is 2. The zero-order chi connectivity index (χ0) is 17.5. The van der Waals surface area contributed by atoms with E-state index in [0.29, 0.717) is 31.9 Å². The van der Waals surface area contributed by atoms with Gasteiger partial charge in [-0.2, -0.15) is 5.26 Å². The highest BCUT2D eigenvalue weighted by Gasteiger charge is 2.16. The maximum atomic E-state index is 12.2. The van der Waals surface area contributed by atoms with Gasteiger partial charge in [0.25, 0.3) is 5.91 Å². The van der Waals surface area contributed by atoms with Gasteiger partial charge in [-0.25, -0.2) is 4.79 Å². The molecule has 0 bridgehead atoms. The third-order valence-corrected chi connectivity index (χ3v) is 3.54. The van der Waals surface area contributed by atoms with Crippen molar-refractivity contribution in [1.82, 2.24) is 9.80 Å². The average molecular weight is 328 g/mol. The number of carbonyl (C=O) groups is 3. The number of carboxylic acids is 1. The normalized spacial score (nSPS) is 14.7. The van der Waals surface area contributed by atoms with E-state index >= 15 is 0 Å². The van der Waals surface area contributed by atoms with Gasteiger partial charge in [0.05, 0.1) is 5.56 Å². The molecule has 0 radical (unpaired) electrons. The number of amides is 2. The predicted octanol–water partition coefficient (Wildman–Crippen LogP) is 0.505. The van der Waals surface area contributed by atoms with Crippen LogP contribution in [-0.2, 0) is 9.59 Å². The Balaban J connectivity index is 2.05. The Labute approximate surface area is 138 Å². The summed E-state index contributed by atoms with van der Waals surface area (Å²) in [6, 6.07) is 7.62. The quantitative estimate of drug-likeness (QED) is 0.462. The molecule has 1 fully saturated rings. The number of benzene rings is 1. The van der Waals surface area contributed by atoms with Crippen molar-refractivity contribution in [2.75, 3.05) is 31.5 Å². The summed E-state index contributed by atoms with van der Waals surface area (Å²) in [5.74, 6) is -1.71. The number of piperazine rings is 1. The molecule has 0 unspecified atom stereocenters. The minimum atomic E-state index is -1.10. The van der Waals surface area contributed by atoms with Crippen LogP contribution in [-0.4, -0.2) is 59.4 Å². The van der Waals surface area contributed by atoms with E-state index in [9.17, 15) is 19.6 Å². The third-order valence-electron chi connectivity index (χ3n) is 3.54. The van der Waals surface area contributed by atoms with Crippen molar-refractivity contribution in [2.45, 2.75) is 0 Å². The fraction of sp³-hybridized carbons (Fsp3) is 0.250. The van der Waals surface area contributed by atoms with Crippen molar-refractivity contribution < 1.29 is 19.5 Å². The summed E-state index contributed by atoms with van der Waals surface area (Å²) >= 11 is 0. The second-order valence-corrected chi connectivity index (χ2v) is 5.17. The van der Waals surface area contributed by atoms with Crippen molar-refractivity contribution in [3.63, 3.8) is 0 Å². The van der Waals surface area contributed by atoms with Crippen molar-refractivity contribution in [1.29, 1.82) is 5.26 Å². The van der Waals surface area contributed by atoms with Gasteiger partial charge in [0.15, 0.2) is 0 Å². The number of nitrogens with one attached hydrogen (secondary N) is 1. The smallest absolute Gasteiger partial charge is 0.335 e. The standard InChI is InChI=1S/C16H16N4O4/c17-9-13(10-19-4-6-20(11-21)7-5-19)15(22)18-14-3-1-2-12(8-14)16(23)24/h1-3,8,10-11H,4-7H2,(H,18,22)(H,23,24)/b13-10-. The topological polar surface area (TPSA) is 114 Å². The van der Waals surface area contributed by atoms with Crippen molar-refractivity contribution in [3.8, 4) is 6.07 Å². The van der Waals surface area contributed by atoms with Crippen LogP contribution >= 0.6 is 0 Å². The minimum absolute atomic E-state index is 0.0419. The second kappa shape index (κ2) is 7.78. The summed E-state index contributed by atoms with van der Waals surface area (Å²) < 4.78 is 0. The zero-order valence-electron chi connectivity index (χ0n) is 12.8. The molecule has 1 saturated heterocycles. The molecule has 8 heteroatoms. The molecule has 0 saturated carbocycles. The molecule has 2 N–H and O–H groups in total. The van der Waals surface area contributed by atoms with E-state index in [1.165, 1.54) is 24.4 Å². The van der Waals surface area contributed by atoms with Crippen molar-refractivity contribution in [2.24, 2.45) is 0 Å². The van der Waals surface area contributed by atoms with Gasteiger partial charge in [-0.05, 0) is 18.2 Å². The molecule has 0 aromatic heterocycles. The number of rotatable bonds is 5. The zero-order valence-corrected chi connectivity index (χ0v) is 12.8. The number of nitriles is 1. The van der Waals surface area contributed by atoms with E-state index in [0.717, 1.165) is 6.41 Å². The maximum Gasteiger partial charge on any atom is 0.335 e. The molecule has 1 aromatic rings. The van der Waals surface area contributed by atoms with E-state index in [1.807, 2.05) is 6.07 Å². The molecule has 2 amide bonds. The molecule has 8 nitrogen and oxygen atoms in total. The molecule has 24 heavy (non-hydrogen) atoms. The Kier molecular flexibility index (Phi) is 5.52. The lowest BCUT2D eigenvalue weighted by Gasteiger charge is -2.31. The first-order valence-corrected chi connectivity index (χ1v) is 7.23. The van der Waals surface area contributed by atoms with Crippen molar-refractivity contribution in [3.05, 3.63) is 41.6 Å². The second-order valence-electron chi connectivity index (χ2n) is 5.17. The fourth-order valence-electron chi connectivity index (χ4n) is 2.22. The van der Waals surface area contributed by atoms with Gasteiger partial charge in [-0.15, -0.1) is 0 Å². The molecule has 1 heterocycles. The molecule has 124 valence electrons. The minimum Gasteiger partial charge on any atom is -0.478 e. The third kappa shape index (κ3) is 4.33. The van der Waals surface area contributed by atoms with Gasteiger partial charge in [0.2, 0.25) is 6.41 Å². The highest BCUT2D eigenvalue weighted by molar-refractivity contribution is 6.06. The van der Waals surface area contributed by atoms with Gasteiger partial charge >= 0.3 is 5.97 Å². The summed E-state index contributed by atoms with van der Waals surface area (Å²) in [5, 5.41) is 20.6. The van der Waals surface area contributed by atoms with Gasteiger partial charge in [0, 0.05) is 38.1 Å². The number of carboxylic acid groups (broad SMARTS) is 1. The Morgan fingerprint density at radius 2 is 1.88 bits per heavy atom. The molecule has 1 aliphatic heterocycles. The number of nitrogens with zero attached hydrogens (tertiary/aromatic N) is 3. The summed E-state index contributed by atoms with van der Waals surface area (Å²) in [6.07, 6.45) is 2.23. The number of aromatic carboxylic acids is 1. The Morgan fingerprint density at radius 3 is 2.46 bits per heavy atom. The lowest BCUT2D eigenvalue weighted by molar-refractivity contribution is -0.119. The van der Waals surface area contributed by atoms with Crippen LogP contribution in [0, 0.1) is 11.3 Å². The highest BCUT2D eigenvalue weighted by Crippen LogP contribution is 2.12. The Bertz CT molecular complexity index is 715. The monoisotopic (exact) mass is 328 g/mol. The van der Waals surface area contributed by atoms with E-state index in [4.69, 9.17) is 5.11 Å². The first kappa shape index (κ1) is 17.0. The van der Waals surface area contributed by atoms with Gasteiger partial charge in [-0.1, -0.05) is 6.07 Å².